The summed E-state index contributed by atoms with van der Waals surface area (Å²) in [5, 5.41) is 1.68. The van der Waals surface area contributed by atoms with Gasteiger partial charge in [-0.2, -0.15) is 0 Å². The Morgan fingerprint density at radius 1 is 1.17 bits per heavy atom. The Hall–Kier alpha value is -2.57. The lowest BCUT2D eigenvalue weighted by Gasteiger charge is -2.30. The molecule has 5 nitrogen and oxygen atoms in total. The zero-order valence-electron chi connectivity index (χ0n) is 16.3. The van der Waals surface area contributed by atoms with E-state index in [9.17, 15) is 4.79 Å². The average molecular weight is 441 g/mol. The summed E-state index contributed by atoms with van der Waals surface area (Å²) in [4.78, 5) is 19.4. The number of carbonyl (C=O) groups excluding carboxylic acids is 1. The number of fused-ring (bicyclic) bond motifs is 2. The summed E-state index contributed by atoms with van der Waals surface area (Å²) in [7, 11) is 0. The van der Waals surface area contributed by atoms with Gasteiger partial charge >= 0.3 is 0 Å². The van der Waals surface area contributed by atoms with Crippen LogP contribution in [0.3, 0.4) is 0 Å². The van der Waals surface area contributed by atoms with Gasteiger partial charge in [0.1, 0.15) is 13.2 Å². The van der Waals surface area contributed by atoms with Crippen LogP contribution in [-0.4, -0.2) is 42.1 Å². The number of piperidine rings is 1. The first kappa shape index (κ1) is 19.4. The molecule has 0 atom stereocenters. The van der Waals surface area contributed by atoms with Crippen molar-refractivity contribution in [3.8, 4) is 11.5 Å². The maximum absolute atomic E-state index is 12.7. The largest absolute Gasteiger partial charge is 0.486 e. The van der Waals surface area contributed by atoms with E-state index in [1.807, 2.05) is 23.1 Å². The Bertz CT molecular complexity index is 1090. The quantitative estimate of drug-likeness (QED) is 0.529. The number of thiazole rings is 1. The fourth-order valence-electron chi connectivity index (χ4n) is 3.91. The van der Waals surface area contributed by atoms with Crippen LogP contribution in [0.5, 0.6) is 11.5 Å². The molecule has 0 radical (unpaired) electrons. The normalized spacial score (nSPS) is 17.0. The monoisotopic (exact) mass is 440 g/mol. The van der Waals surface area contributed by atoms with E-state index in [-0.39, 0.29) is 5.91 Å². The highest BCUT2D eigenvalue weighted by Gasteiger charge is 2.25. The zero-order valence-corrected chi connectivity index (χ0v) is 17.9. The van der Waals surface area contributed by atoms with Crippen molar-refractivity contribution in [2.75, 3.05) is 26.3 Å². The second kappa shape index (κ2) is 8.28. The molecule has 3 heterocycles. The summed E-state index contributed by atoms with van der Waals surface area (Å²) in [6.45, 7) is 2.48. The molecule has 1 fully saturated rings. The molecule has 7 heteroatoms. The molecule has 3 aromatic rings. The molecule has 0 bridgehead atoms. The van der Waals surface area contributed by atoms with Crippen molar-refractivity contribution in [3.63, 3.8) is 0 Å². The Morgan fingerprint density at radius 3 is 2.80 bits per heavy atom. The Morgan fingerprint density at radius 2 is 1.97 bits per heavy atom. The van der Waals surface area contributed by atoms with Gasteiger partial charge in [-0.15, -0.1) is 11.3 Å². The topological polar surface area (TPSA) is 51.7 Å². The smallest absolute Gasteiger partial charge is 0.246 e. The van der Waals surface area contributed by atoms with E-state index in [4.69, 9.17) is 26.1 Å². The van der Waals surface area contributed by atoms with E-state index in [0.29, 0.717) is 35.7 Å². The van der Waals surface area contributed by atoms with Gasteiger partial charge in [-0.3, -0.25) is 4.79 Å². The van der Waals surface area contributed by atoms with Crippen LogP contribution in [0.4, 0.5) is 0 Å². The minimum absolute atomic E-state index is 0.0174. The van der Waals surface area contributed by atoms with Crippen LogP contribution in [0.2, 0.25) is 5.02 Å². The van der Waals surface area contributed by atoms with Gasteiger partial charge in [-0.05, 0) is 48.7 Å². The van der Waals surface area contributed by atoms with Crippen LogP contribution >= 0.6 is 22.9 Å². The molecule has 1 saturated heterocycles. The number of hydrogen-bond acceptors (Lipinski definition) is 5. The van der Waals surface area contributed by atoms with Crippen molar-refractivity contribution >= 4 is 45.1 Å². The van der Waals surface area contributed by atoms with Crippen LogP contribution < -0.4 is 9.47 Å². The summed E-state index contributed by atoms with van der Waals surface area (Å²) in [5.74, 6) is 1.64. The Labute approximate surface area is 183 Å². The molecule has 2 aliphatic rings. The molecule has 154 valence electrons. The zero-order chi connectivity index (χ0) is 20.5. The number of nitrogens with zero attached hydrogens (tertiary/aromatic N) is 2. The van der Waals surface area contributed by atoms with E-state index in [1.54, 1.807) is 29.6 Å². The number of para-hydroxylation sites is 1. The molecule has 1 aromatic heterocycles. The third kappa shape index (κ3) is 3.89. The molecule has 2 aliphatic heterocycles. The van der Waals surface area contributed by atoms with Gasteiger partial charge < -0.3 is 14.4 Å². The highest BCUT2D eigenvalue weighted by molar-refractivity contribution is 7.18. The van der Waals surface area contributed by atoms with Gasteiger partial charge in [-0.25, -0.2) is 4.98 Å². The third-order valence-electron chi connectivity index (χ3n) is 5.50. The summed E-state index contributed by atoms with van der Waals surface area (Å²) < 4.78 is 12.4. The van der Waals surface area contributed by atoms with E-state index < -0.39 is 0 Å². The minimum Gasteiger partial charge on any atom is -0.486 e. The Balaban J connectivity index is 1.22. The fourth-order valence-corrected chi connectivity index (χ4v) is 5.32. The summed E-state index contributed by atoms with van der Waals surface area (Å²) >= 11 is 8.05. The van der Waals surface area contributed by atoms with E-state index in [0.717, 1.165) is 37.0 Å². The molecule has 0 N–H and O–H groups in total. The van der Waals surface area contributed by atoms with E-state index in [2.05, 4.69) is 12.1 Å². The second-order valence-corrected chi connectivity index (χ2v) is 8.95. The number of aromatic nitrogens is 1. The van der Waals surface area contributed by atoms with Gasteiger partial charge in [0.15, 0.2) is 11.5 Å². The van der Waals surface area contributed by atoms with Gasteiger partial charge in [0.25, 0.3) is 0 Å². The lowest BCUT2D eigenvalue weighted by molar-refractivity contribution is -0.126. The van der Waals surface area contributed by atoms with Crippen molar-refractivity contribution in [1.82, 2.24) is 9.88 Å². The molecule has 0 spiro atoms. The Kier molecular flexibility index (Phi) is 5.35. The predicted octanol–water partition coefficient (Wildman–Crippen LogP) is 5.14. The lowest BCUT2D eigenvalue weighted by atomic mass is 9.97. The summed E-state index contributed by atoms with van der Waals surface area (Å²) in [6.07, 6.45) is 5.27. The van der Waals surface area contributed by atoms with Gasteiger partial charge in [0.2, 0.25) is 5.91 Å². The maximum Gasteiger partial charge on any atom is 0.246 e. The van der Waals surface area contributed by atoms with E-state index >= 15 is 0 Å². The molecule has 30 heavy (non-hydrogen) atoms. The van der Waals surface area contributed by atoms with Crippen LogP contribution in [0, 0.1) is 0 Å². The number of ether oxygens (including phenoxy) is 2. The number of amides is 1. The van der Waals surface area contributed by atoms with Crippen molar-refractivity contribution in [2.24, 2.45) is 0 Å². The highest BCUT2D eigenvalue weighted by Crippen LogP contribution is 2.38. The highest BCUT2D eigenvalue weighted by atomic mass is 35.5. The molecular formula is C23H21ClN2O3S. The first-order valence-corrected chi connectivity index (χ1v) is 11.3. The predicted molar refractivity (Wildman–Crippen MR) is 120 cm³/mol. The number of carbonyl (C=O) groups is 1. The first-order chi connectivity index (χ1) is 14.7. The van der Waals surface area contributed by atoms with Crippen molar-refractivity contribution in [1.29, 1.82) is 0 Å². The maximum atomic E-state index is 12.7. The molecular weight excluding hydrogens is 420 g/mol. The average Bonchev–Trinajstić information content (AvgIpc) is 3.22. The number of likely N-dealkylation sites (tertiary alicyclic amines) is 1. The second-order valence-electron chi connectivity index (χ2n) is 7.48. The molecule has 0 saturated carbocycles. The van der Waals surface area contributed by atoms with E-state index in [1.165, 1.54) is 9.71 Å². The standard InChI is InChI=1S/C23H21ClN2O3S/c24-17-13-15(14-19-22(17)29-12-11-28-19)5-6-21(27)26-9-7-16(8-10-26)23-25-18-3-1-2-4-20(18)30-23/h1-6,13-14,16H,7-12H2. The van der Waals surface area contributed by atoms with Gasteiger partial charge in [-0.1, -0.05) is 23.7 Å². The molecule has 0 unspecified atom stereocenters. The van der Waals surface area contributed by atoms with Crippen LogP contribution in [0.15, 0.2) is 42.5 Å². The number of rotatable bonds is 3. The molecule has 2 aromatic carbocycles. The van der Waals surface area contributed by atoms with Crippen LogP contribution in [0.1, 0.15) is 29.3 Å². The van der Waals surface area contributed by atoms with Crippen molar-refractivity contribution < 1.29 is 14.3 Å². The molecule has 5 rings (SSSR count). The van der Waals surface area contributed by atoms with Gasteiger partial charge in [0, 0.05) is 25.1 Å². The number of benzene rings is 2. The van der Waals surface area contributed by atoms with Crippen LogP contribution in [0.25, 0.3) is 16.3 Å². The summed E-state index contributed by atoms with van der Waals surface area (Å²) in [5.41, 5.74) is 1.89. The third-order valence-corrected chi connectivity index (χ3v) is 6.98. The SMILES string of the molecule is O=C(C=Cc1cc(Cl)c2c(c1)OCCO2)N1CCC(c2nc3ccccc3s2)CC1. The van der Waals surface area contributed by atoms with Gasteiger partial charge in [0.05, 0.1) is 20.2 Å². The summed E-state index contributed by atoms with van der Waals surface area (Å²) in [6, 6.07) is 11.9. The minimum atomic E-state index is 0.0174. The molecule has 1 amide bonds. The fraction of sp³-hybridized carbons (Fsp3) is 0.304. The lowest BCUT2D eigenvalue weighted by Crippen LogP contribution is -2.36. The number of halogens is 1. The van der Waals surface area contributed by atoms with Crippen molar-refractivity contribution in [2.45, 2.75) is 18.8 Å². The van der Waals surface area contributed by atoms with Crippen LogP contribution in [-0.2, 0) is 4.79 Å². The number of hydrogen-bond donors (Lipinski definition) is 0. The first-order valence-electron chi connectivity index (χ1n) is 10.1. The van der Waals surface area contributed by atoms with Crippen molar-refractivity contribution in [3.05, 3.63) is 58.1 Å². The molecule has 0 aliphatic carbocycles.